The lowest BCUT2D eigenvalue weighted by atomic mass is 10.2. The summed E-state index contributed by atoms with van der Waals surface area (Å²) in [6.45, 7) is 3.16. The molecule has 5 heteroatoms. The fraction of sp³-hybridized carbons (Fsp3) is 0.500. The zero-order valence-electron chi connectivity index (χ0n) is 9.91. The lowest BCUT2D eigenvalue weighted by Gasteiger charge is -2.21. The first kappa shape index (κ1) is 13.8. The van der Waals surface area contributed by atoms with Crippen LogP contribution >= 0.6 is 11.6 Å². The number of H-pyrrole nitrogens is 1. The van der Waals surface area contributed by atoms with E-state index in [0.717, 1.165) is 12.8 Å². The predicted octanol–water partition coefficient (Wildman–Crippen LogP) is 1.86. The number of carbonyl (C=O) groups is 1. The van der Waals surface area contributed by atoms with Gasteiger partial charge >= 0.3 is 0 Å². The van der Waals surface area contributed by atoms with E-state index < -0.39 is 0 Å². The number of alkyl halides is 1. The van der Waals surface area contributed by atoms with Gasteiger partial charge in [-0.3, -0.25) is 9.59 Å². The molecule has 0 aliphatic rings. The number of carbonyl (C=O) groups excluding carboxylic acids is 1. The number of pyridine rings is 1. The Kier molecular flexibility index (Phi) is 5.77. The number of unbranched alkanes of at least 4 members (excludes halogenated alkanes) is 1. The summed E-state index contributed by atoms with van der Waals surface area (Å²) in [7, 11) is 0. The molecule has 0 atom stereocenters. The summed E-state index contributed by atoms with van der Waals surface area (Å²) < 4.78 is 0. The number of nitrogens with zero attached hydrogens (tertiary/aromatic N) is 1. The molecular weight excluding hydrogens is 240 g/mol. The third-order valence-electron chi connectivity index (χ3n) is 2.48. The fourth-order valence-electron chi connectivity index (χ4n) is 1.52. The molecule has 94 valence electrons. The summed E-state index contributed by atoms with van der Waals surface area (Å²) in [4.78, 5) is 28.0. The molecule has 4 nitrogen and oxygen atoms in total. The smallest absolute Gasteiger partial charge is 0.259 e. The van der Waals surface area contributed by atoms with Crippen LogP contribution in [0.25, 0.3) is 0 Å². The van der Waals surface area contributed by atoms with Crippen molar-refractivity contribution in [3.05, 3.63) is 34.2 Å². The van der Waals surface area contributed by atoms with E-state index in [1.54, 1.807) is 4.90 Å². The fourth-order valence-corrected chi connectivity index (χ4v) is 1.72. The van der Waals surface area contributed by atoms with Crippen LogP contribution in [0.15, 0.2) is 23.3 Å². The highest BCUT2D eigenvalue weighted by molar-refractivity contribution is 6.18. The second kappa shape index (κ2) is 7.12. The van der Waals surface area contributed by atoms with Gasteiger partial charge in [0.25, 0.3) is 5.91 Å². The molecule has 0 bridgehead atoms. The molecular formula is C12H17ClN2O2. The first-order valence-corrected chi connectivity index (χ1v) is 6.26. The second-order valence-electron chi connectivity index (χ2n) is 3.76. The molecule has 0 spiro atoms. The second-order valence-corrected chi connectivity index (χ2v) is 4.13. The molecule has 0 aliphatic carbocycles. The molecule has 17 heavy (non-hydrogen) atoms. The molecule has 0 unspecified atom stereocenters. The van der Waals surface area contributed by atoms with E-state index in [2.05, 4.69) is 11.9 Å². The molecule has 0 fully saturated rings. The zero-order chi connectivity index (χ0) is 12.7. The highest BCUT2D eigenvalue weighted by Crippen LogP contribution is 2.02. The van der Waals surface area contributed by atoms with Gasteiger partial charge in [-0.1, -0.05) is 13.3 Å². The number of amides is 1. The summed E-state index contributed by atoms with van der Waals surface area (Å²) in [5, 5.41) is 0. The van der Waals surface area contributed by atoms with Crippen LogP contribution in [-0.2, 0) is 0 Å². The summed E-state index contributed by atoms with van der Waals surface area (Å²) in [6.07, 6.45) is 4.86. The van der Waals surface area contributed by atoms with Crippen LogP contribution in [0.4, 0.5) is 0 Å². The summed E-state index contributed by atoms with van der Waals surface area (Å²) >= 11 is 5.67. The first-order valence-electron chi connectivity index (χ1n) is 5.73. The van der Waals surface area contributed by atoms with Crippen molar-refractivity contribution in [2.75, 3.05) is 19.0 Å². The summed E-state index contributed by atoms with van der Waals surface area (Å²) in [6, 6.07) is 1.35. The first-order chi connectivity index (χ1) is 8.20. The van der Waals surface area contributed by atoms with Crippen LogP contribution in [0.5, 0.6) is 0 Å². The van der Waals surface area contributed by atoms with Gasteiger partial charge in [-0.15, -0.1) is 11.6 Å². The lowest BCUT2D eigenvalue weighted by molar-refractivity contribution is 0.0761. The number of hydrogen-bond donors (Lipinski definition) is 1. The Labute approximate surface area is 106 Å². The maximum Gasteiger partial charge on any atom is 0.259 e. The quantitative estimate of drug-likeness (QED) is 0.790. The third-order valence-corrected chi connectivity index (χ3v) is 2.65. The van der Waals surface area contributed by atoms with Crippen molar-refractivity contribution in [2.24, 2.45) is 0 Å². The number of nitrogens with one attached hydrogen (secondary N) is 1. The van der Waals surface area contributed by atoms with Crippen molar-refractivity contribution >= 4 is 17.5 Å². The predicted molar refractivity (Wildman–Crippen MR) is 68.6 cm³/mol. The molecule has 1 heterocycles. The van der Waals surface area contributed by atoms with E-state index in [4.69, 9.17) is 11.6 Å². The maximum atomic E-state index is 12.1. The van der Waals surface area contributed by atoms with E-state index in [-0.39, 0.29) is 16.9 Å². The Morgan fingerprint density at radius 1 is 1.47 bits per heavy atom. The van der Waals surface area contributed by atoms with Gasteiger partial charge in [0.05, 0.1) is 0 Å². The van der Waals surface area contributed by atoms with Crippen molar-refractivity contribution in [3.63, 3.8) is 0 Å². The van der Waals surface area contributed by atoms with Crippen molar-refractivity contribution in [1.82, 2.24) is 9.88 Å². The van der Waals surface area contributed by atoms with E-state index in [1.165, 1.54) is 18.5 Å². The topological polar surface area (TPSA) is 53.2 Å². The van der Waals surface area contributed by atoms with E-state index in [0.29, 0.717) is 19.0 Å². The van der Waals surface area contributed by atoms with Crippen LogP contribution < -0.4 is 5.43 Å². The van der Waals surface area contributed by atoms with Gasteiger partial charge in [0, 0.05) is 37.4 Å². The number of hydrogen-bond acceptors (Lipinski definition) is 2. The van der Waals surface area contributed by atoms with Crippen molar-refractivity contribution in [3.8, 4) is 0 Å². The number of aromatic amines is 1. The Balaban J connectivity index is 2.84. The molecule has 1 rings (SSSR count). The zero-order valence-corrected chi connectivity index (χ0v) is 10.7. The van der Waals surface area contributed by atoms with Gasteiger partial charge < -0.3 is 9.88 Å². The van der Waals surface area contributed by atoms with Crippen LogP contribution in [0.2, 0.25) is 0 Å². The van der Waals surface area contributed by atoms with E-state index >= 15 is 0 Å². The normalized spacial score (nSPS) is 10.2. The number of rotatable bonds is 6. The molecule has 0 aliphatic heterocycles. The van der Waals surface area contributed by atoms with Crippen molar-refractivity contribution in [1.29, 1.82) is 0 Å². The maximum absolute atomic E-state index is 12.1. The highest BCUT2D eigenvalue weighted by Gasteiger charge is 2.17. The minimum atomic E-state index is -0.259. The molecule has 1 N–H and O–H groups in total. The SMILES string of the molecule is CCCCN(CCCl)C(=O)c1c[nH]ccc1=O. The molecule has 1 amide bonds. The van der Waals surface area contributed by atoms with Crippen molar-refractivity contribution in [2.45, 2.75) is 19.8 Å². The van der Waals surface area contributed by atoms with Gasteiger partial charge in [0.1, 0.15) is 5.56 Å². The Hall–Kier alpha value is -1.29. The van der Waals surface area contributed by atoms with E-state index in [1.807, 2.05) is 0 Å². The third kappa shape index (κ3) is 3.89. The Morgan fingerprint density at radius 3 is 2.82 bits per heavy atom. The van der Waals surface area contributed by atoms with Crippen LogP contribution in [0, 0.1) is 0 Å². The van der Waals surface area contributed by atoms with Crippen LogP contribution in [0.1, 0.15) is 30.1 Å². The molecule has 1 aromatic heterocycles. The Bertz CT molecular complexity index is 417. The average Bonchev–Trinajstić information content (AvgIpc) is 2.34. The van der Waals surface area contributed by atoms with Gasteiger partial charge in [-0.25, -0.2) is 0 Å². The van der Waals surface area contributed by atoms with Crippen molar-refractivity contribution < 1.29 is 4.79 Å². The van der Waals surface area contributed by atoms with Gasteiger partial charge in [0.2, 0.25) is 0 Å². The molecule has 0 saturated carbocycles. The van der Waals surface area contributed by atoms with Gasteiger partial charge in [0.15, 0.2) is 5.43 Å². The molecule has 1 aromatic rings. The van der Waals surface area contributed by atoms with Crippen LogP contribution in [-0.4, -0.2) is 34.8 Å². The monoisotopic (exact) mass is 256 g/mol. The summed E-state index contributed by atoms with van der Waals surface area (Å²) in [5.74, 6) is 0.126. The minimum Gasteiger partial charge on any atom is -0.367 e. The Morgan fingerprint density at radius 2 is 2.24 bits per heavy atom. The summed E-state index contributed by atoms with van der Waals surface area (Å²) in [5.41, 5.74) is -0.0847. The standard InChI is InChI=1S/C12H17ClN2O2/c1-2-3-7-15(8-5-13)12(17)10-9-14-6-4-11(10)16/h4,6,9H,2-3,5,7-8H2,1H3,(H,14,16). The number of aromatic nitrogens is 1. The largest absolute Gasteiger partial charge is 0.367 e. The lowest BCUT2D eigenvalue weighted by Crippen LogP contribution is -2.36. The van der Waals surface area contributed by atoms with E-state index in [9.17, 15) is 9.59 Å². The van der Waals surface area contributed by atoms with Gasteiger partial charge in [-0.05, 0) is 6.42 Å². The minimum absolute atomic E-state index is 0.175. The highest BCUT2D eigenvalue weighted by atomic mass is 35.5. The molecule has 0 saturated heterocycles. The van der Waals surface area contributed by atoms with Gasteiger partial charge in [-0.2, -0.15) is 0 Å². The van der Waals surface area contributed by atoms with Crippen LogP contribution in [0.3, 0.4) is 0 Å². The number of halogens is 1. The molecule has 0 aromatic carbocycles. The average molecular weight is 257 g/mol. The molecule has 0 radical (unpaired) electrons.